The highest BCUT2D eigenvalue weighted by molar-refractivity contribution is 7.98. The van der Waals surface area contributed by atoms with Crippen molar-refractivity contribution in [2.24, 2.45) is 0 Å². The average molecular weight is 456 g/mol. The Kier molecular flexibility index (Phi) is 6.86. The zero-order valence-corrected chi connectivity index (χ0v) is 20.1. The fourth-order valence-electron chi connectivity index (χ4n) is 5.42. The van der Waals surface area contributed by atoms with Gasteiger partial charge in [-0.3, -0.25) is 0 Å². The van der Waals surface area contributed by atoms with Crippen LogP contribution in [0.25, 0.3) is 0 Å². The Labute approximate surface area is 195 Å². The number of likely N-dealkylation sites (N-methyl/N-ethyl adjacent to an activating group) is 1. The van der Waals surface area contributed by atoms with Gasteiger partial charge in [0.25, 0.3) is 0 Å². The Hall–Kier alpha value is -2.38. The van der Waals surface area contributed by atoms with Crippen molar-refractivity contribution < 1.29 is 14.3 Å². The molecule has 2 aromatic rings. The van der Waals surface area contributed by atoms with Crippen LogP contribution in [0.2, 0.25) is 0 Å². The standard InChI is InChI=1S/C25H33N3O3S/c1-28-14-13-25(17-5-10-21(30-2)22(15-17)31-3)12-11-19(16-23(25)28)27-24(29)26-18-6-8-20(32-4)9-7-18/h5-10,15,19,23H,11-14,16H2,1-4H3,(H2,26,27,29)/t19-,23+,25-/m0/s1. The molecule has 6 nitrogen and oxygen atoms in total. The molecule has 7 heteroatoms. The van der Waals surface area contributed by atoms with Crippen molar-refractivity contribution in [1.82, 2.24) is 10.2 Å². The second-order valence-corrected chi connectivity index (χ2v) is 9.65. The molecule has 4 rings (SSSR count). The number of methoxy groups -OCH3 is 2. The van der Waals surface area contributed by atoms with E-state index >= 15 is 0 Å². The maximum atomic E-state index is 12.6. The average Bonchev–Trinajstić information content (AvgIpc) is 3.16. The highest BCUT2D eigenvalue weighted by Gasteiger charge is 2.50. The van der Waals surface area contributed by atoms with Crippen LogP contribution in [0.15, 0.2) is 47.4 Å². The molecule has 172 valence electrons. The van der Waals surface area contributed by atoms with Gasteiger partial charge in [0.1, 0.15) is 0 Å². The molecule has 1 aliphatic carbocycles. The SMILES string of the molecule is COc1ccc([C@@]23CC[C@H](NC(=O)Nc4ccc(SC)cc4)C[C@H]2N(C)CC3)cc1OC. The minimum atomic E-state index is -0.133. The first kappa shape index (κ1) is 22.8. The van der Waals surface area contributed by atoms with Gasteiger partial charge in [0.15, 0.2) is 11.5 Å². The van der Waals surface area contributed by atoms with E-state index in [2.05, 4.69) is 34.7 Å². The summed E-state index contributed by atoms with van der Waals surface area (Å²) in [5, 5.41) is 6.19. The minimum Gasteiger partial charge on any atom is -0.493 e. The number of urea groups is 1. The lowest BCUT2D eigenvalue weighted by atomic mass is 9.65. The molecule has 32 heavy (non-hydrogen) atoms. The molecule has 0 spiro atoms. The van der Waals surface area contributed by atoms with Crippen molar-refractivity contribution in [2.75, 3.05) is 39.4 Å². The van der Waals surface area contributed by atoms with Gasteiger partial charge in [-0.25, -0.2) is 4.79 Å². The molecule has 0 aromatic heterocycles. The van der Waals surface area contributed by atoms with E-state index in [1.54, 1.807) is 26.0 Å². The van der Waals surface area contributed by atoms with E-state index in [0.29, 0.717) is 6.04 Å². The molecule has 2 amide bonds. The topological polar surface area (TPSA) is 62.8 Å². The summed E-state index contributed by atoms with van der Waals surface area (Å²) in [5.41, 5.74) is 2.20. The molecule has 1 saturated heterocycles. The number of rotatable bonds is 6. The minimum absolute atomic E-state index is 0.0800. The Balaban J connectivity index is 1.45. The van der Waals surface area contributed by atoms with Gasteiger partial charge in [0, 0.05) is 28.1 Å². The van der Waals surface area contributed by atoms with E-state index in [1.807, 2.05) is 36.6 Å². The Morgan fingerprint density at radius 3 is 2.53 bits per heavy atom. The first-order valence-corrected chi connectivity index (χ1v) is 12.4. The zero-order valence-electron chi connectivity index (χ0n) is 19.3. The molecule has 0 unspecified atom stereocenters. The lowest BCUT2D eigenvalue weighted by molar-refractivity contribution is 0.156. The Morgan fingerprint density at radius 2 is 1.84 bits per heavy atom. The summed E-state index contributed by atoms with van der Waals surface area (Å²) in [6.45, 7) is 1.06. The van der Waals surface area contributed by atoms with Gasteiger partial charge in [-0.2, -0.15) is 0 Å². The fraction of sp³-hybridized carbons (Fsp3) is 0.480. The number of carbonyl (C=O) groups excluding carboxylic acids is 1. The second kappa shape index (κ2) is 9.63. The molecule has 1 saturated carbocycles. The van der Waals surface area contributed by atoms with E-state index in [1.165, 1.54) is 10.5 Å². The monoisotopic (exact) mass is 455 g/mol. The van der Waals surface area contributed by atoms with E-state index in [9.17, 15) is 4.79 Å². The Morgan fingerprint density at radius 1 is 1.09 bits per heavy atom. The van der Waals surface area contributed by atoms with Gasteiger partial charge in [-0.15, -0.1) is 11.8 Å². The van der Waals surface area contributed by atoms with Crippen molar-refractivity contribution in [1.29, 1.82) is 0 Å². The van der Waals surface area contributed by atoms with Crippen molar-refractivity contribution in [3.05, 3.63) is 48.0 Å². The molecule has 1 aliphatic heterocycles. The normalized spacial score (nSPS) is 25.1. The third-order valence-electron chi connectivity index (χ3n) is 7.17. The van der Waals surface area contributed by atoms with Crippen molar-refractivity contribution in [3.8, 4) is 11.5 Å². The van der Waals surface area contributed by atoms with Gasteiger partial charge in [-0.1, -0.05) is 6.07 Å². The number of nitrogens with zero attached hydrogens (tertiary/aromatic N) is 1. The molecule has 1 heterocycles. The molecule has 2 aromatic carbocycles. The first-order valence-electron chi connectivity index (χ1n) is 11.1. The van der Waals surface area contributed by atoms with Gasteiger partial charge in [0.2, 0.25) is 0 Å². The molecule has 3 atom stereocenters. The summed E-state index contributed by atoms with van der Waals surface area (Å²) < 4.78 is 11.0. The van der Waals surface area contributed by atoms with Crippen LogP contribution in [-0.2, 0) is 5.41 Å². The molecule has 2 aliphatic rings. The lowest BCUT2D eigenvalue weighted by Crippen LogP contribution is -2.52. The van der Waals surface area contributed by atoms with Crippen molar-refractivity contribution in [3.63, 3.8) is 0 Å². The number of hydrogen-bond donors (Lipinski definition) is 2. The van der Waals surface area contributed by atoms with Crippen molar-refractivity contribution in [2.45, 2.75) is 48.1 Å². The van der Waals surface area contributed by atoms with Crippen LogP contribution in [0.1, 0.15) is 31.2 Å². The van der Waals surface area contributed by atoms with E-state index < -0.39 is 0 Å². The van der Waals surface area contributed by atoms with Crippen LogP contribution in [-0.4, -0.2) is 57.1 Å². The maximum Gasteiger partial charge on any atom is 0.319 e. The molecule has 2 N–H and O–H groups in total. The number of carbonyl (C=O) groups is 1. The molecule has 2 fully saturated rings. The van der Waals surface area contributed by atoms with Crippen LogP contribution in [0.4, 0.5) is 10.5 Å². The number of amides is 2. The molecule has 0 bridgehead atoms. The van der Waals surface area contributed by atoms with Crippen LogP contribution >= 0.6 is 11.8 Å². The summed E-state index contributed by atoms with van der Waals surface area (Å²) in [4.78, 5) is 16.3. The third kappa shape index (κ3) is 4.41. The summed E-state index contributed by atoms with van der Waals surface area (Å²) in [6.07, 6.45) is 6.08. The highest BCUT2D eigenvalue weighted by Crippen LogP contribution is 2.49. The fourth-order valence-corrected chi connectivity index (χ4v) is 5.83. The smallest absolute Gasteiger partial charge is 0.319 e. The summed E-state index contributed by atoms with van der Waals surface area (Å²) >= 11 is 1.69. The number of fused-ring (bicyclic) bond motifs is 1. The number of ether oxygens (including phenoxy) is 2. The predicted molar refractivity (Wildman–Crippen MR) is 130 cm³/mol. The molecule has 0 radical (unpaired) electrons. The number of anilines is 1. The van der Waals surface area contributed by atoms with Crippen molar-refractivity contribution >= 4 is 23.5 Å². The Bertz CT molecular complexity index is 952. The van der Waals surface area contributed by atoms with Crippen LogP contribution in [0.3, 0.4) is 0 Å². The zero-order chi connectivity index (χ0) is 22.7. The quantitative estimate of drug-likeness (QED) is 0.616. The van der Waals surface area contributed by atoms with E-state index in [-0.39, 0.29) is 17.5 Å². The molecular formula is C25H33N3O3S. The van der Waals surface area contributed by atoms with Gasteiger partial charge >= 0.3 is 6.03 Å². The number of hydrogen-bond acceptors (Lipinski definition) is 5. The summed E-state index contributed by atoms with van der Waals surface area (Å²) in [5.74, 6) is 1.54. The van der Waals surface area contributed by atoms with Gasteiger partial charge in [0.05, 0.1) is 14.2 Å². The summed E-state index contributed by atoms with van der Waals surface area (Å²) in [6, 6.07) is 14.7. The van der Waals surface area contributed by atoms with Crippen LogP contribution in [0.5, 0.6) is 11.5 Å². The van der Waals surface area contributed by atoms with Crippen LogP contribution in [0, 0.1) is 0 Å². The molecular weight excluding hydrogens is 422 g/mol. The lowest BCUT2D eigenvalue weighted by Gasteiger charge is -2.45. The second-order valence-electron chi connectivity index (χ2n) is 8.77. The van der Waals surface area contributed by atoms with Crippen LogP contribution < -0.4 is 20.1 Å². The first-order chi connectivity index (χ1) is 15.5. The van der Waals surface area contributed by atoms with Gasteiger partial charge < -0.3 is 25.0 Å². The summed E-state index contributed by atoms with van der Waals surface area (Å²) in [7, 11) is 5.55. The van der Waals surface area contributed by atoms with Gasteiger partial charge in [-0.05, 0) is 87.5 Å². The number of benzene rings is 2. The largest absolute Gasteiger partial charge is 0.493 e. The van der Waals surface area contributed by atoms with E-state index in [0.717, 1.165) is 49.4 Å². The number of nitrogens with one attached hydrogen (secondary N) is 2. The maximum absolute atomic E-state index is 12.6. The third-order valence-corrected chi connectivity index (χ3v) is 7.91. The number of thioether (sulfide) groups is 1. The number of likely N-dealkylation sites (tertiary alicyclic amines) is 1. The highest BCUT2D eigenvalue weighted by atomic mass is 32.2. The van der Waals surface area contributed by atoms with E-state index in [4.69, 9.17) is 9.47 Å². The predicted octanol–water partition coefficient (Wildman–Crippen LogP) is 4.74.